The third kappa shape index (κ3) is 2.66. The van der Waals surface area contributed by atoms with Gasteiger partial charge in [0.25, 0.3) is 0 Å². The van der Waals surface area contributed by atoms with Gasteiger partial charge in [-0.2, -0.15) is 13.2 Å². The number of benzene rings is 1. The normalized spacial score (nSPS) is 20.5. The minimum absolute atomic E-state index is 0.124. The first kappa shape index (κ1) is 12.1. The second kappa shape index (κ2) is 4.49. The van der Waals surface area contributed by atoms with Gasteiger partial charge in [-0.1, -0.05) is 12.1 Å². The molecule has 2 nitrogen and oxygen atoms in total. The van der Waals surface area contributed by atoms with Gasteiger partial charge in [-0.05, 0) is 31.5 Å². The van der Waals surface area contributed by atoms with Gasteiger partial charge in [0.1, 0.15) is 0 Å². The van der Waals surface area contributed by atoms with Crippen LogP contribution in [0.1, 0.15) is 28.8 Å². The summed E-state index contributed by atoms with van der Waals surface area (Å²) in [6.07, 6.45) is -2.83. The summed E-state index contributed by atoms with van der Waals surface area (Å²) in [5.41, 5.74) is -0.652. The van der Waals surface area contributed by atoms with Crippen LogP contribution in [0.25, 0.3) is 0 Å². The first-order valence-electron chi connectivity index (χ1n) is 5.43. The number of hydrogen-bond acceptors (Lipinski definition) is 2. The van der Waals surface area contributed by atoms with Crippen molar-refractivity contribution in [2.75, 3.05) is 6.54 Å². The lowest BCUT2D eigenvalue weighted by molar-refractivity contribution is -0.137. The van der Waals surface area contributed by atoms with E-state index in [9.17, 15) is 18.0 Å². The van der Waals surface area contributed by atoms with E-state index in [2.05, 4.69) is 5.32 Å². The number of nitrogens with one attached hydrogen (secondary N) is 1. The summed E-state index contributed by atoms with van der Waals surface area (Å²) < 4.78 is 37.4. The molecule has 1 N–H and O–H groups in total. The van der Waals surface area contributed by atoms with E-state index in [1.807, 2.05) is 0 Å². The number of hydrogen-bond donors (Lipinski definition) is 1. The van der Waals surface area contributed by atoms with Crippen molar-refractivity contribution in [1.82, 2.24) is 5.32 Å². The van der Waals surface area contributed by atoms with Crippen molar-refractivity contribution in [2.24, 2.45) is 0 Å². The first-order chi connectivity index (χ1) is 7.98. The van der Waals surface area contributed by atoms with Crippen LogP contribution in [0.2, 0.25) is 0 Å². The average molecular weight is 243 g/mol. The highest BCUT2D eigenvalue weighted by Gasteiger charge is 2.31. The number of Topliss-reactive ketones (excluding diaryl/α,β-unsaturated/α-hetero) is 1. The van der Waals surface area contributed by atoms with Crippen LogP contribution in [-0.4, -0.2) is 18.4 Å². The van der Waals surface area contributed by atoms with Crippen molar-refractivity contribution in [3.05, 3.63) is 35.4 Å². The molecule has 0 radical (unpaired) electrons. The molecule has 17 heavy (non-hydrogen) atoms. The zero-order chi connectivity index (χ0) is 12.5. The maximum absolute atomic E-state index is 12.5. The fourth-order valence-corrected chi connectivity index (χ4v) is 1.96. The lowest BCUT2D eigenvalue weighted by Crippen LogP contribution is -2.30. The molecule has 92 valence electrons. The number of rotatable bonds is 2. The van der Waals surface area contributed by atoms with Gasteiger partial charge < -0.3 is 5.32 Å². The Labute approximate surface area is 96.8 Å². The van der Waals surface area contributed by atoms with Crippen molar-refractivity contribution in [2.45, 2.75) is 25.1 Å². The van der Waals surface area contributed by atoms with Crippen LogP contribution >= 0.6 is 0 Å². The molecule has 0 bridgehead atoms. The van der Waals surface area contributed by atoms with E-state index in [-0.39, 0.29) is 17.4 Å². The standard InChI is InChI=1S/C12H12F3NO/c13-12(14,15)9-4-1-3-8(7-9)11(17)10-5-2-6-16-10/h1,3-4,7,10,16H,2,5-6H2/t10-/m0/s1. The Bertz CT molecular complexity index is 422. The van der Waals surface area contributed by atoms with Gasteiger partial charge in [0, 0.05) is 5.56 Å². The second-order valence-electron chi connectivity index (χ2n) is 4.09. The summed E-state index contributed by atoms with van der Waals surface area (Å²) in [5.74, 6) is -0.256. The van der Waals surface area contributed by atoms with Gasteiger partial charge in [0.05, 0.1) is 11.6 Å². The van der Waals surface area contributed by atoms with Crippen molar-refractivity contribution >= 4 is 5.78 Å². The monoisotopic (exact) mass is 243 g/mol. The maximum atomic E-state index is 12.5. The van der Waals surface area contributed by atoms with Crippen molar-refractivity contribution < 1.29 is 18.0 Å². The van der Waals surface area contributed by atoms with Crippen LogP contribution < -0.4 is 5.32 Å². The topological polar surface area (TPSA) is 29.1 Å². The van der Waals surface area contributed by atoms with E-state index >= 15 is 0 Å². The van der Waals surface area contributed by atoms with E-state index in [1.165, 1.54) is 12.1 Å². The van der Waals surface area contributed by atoms with Crippen LogP contribution in [0.3, 0.4) is 0 Å². The van der Waals surface area contributed by atoms with Gasteiger partial charge in [0.15, 0.2) is 5.78 Å². The molecule has 1 aromatic carbocycles. The van der Waals surface area contributed by atoms with Crippen LogP contribution in [0.5, 0.6) is 0 Å². The Morgan fingerprint density at radius 3 is 2.71 bits per heavy atom. The number of alkyl halides is 3. The summed E-state index contributed by atoms with van der Waals surface area (Å²) in [4.78, 5) is 11.9. The SMILES string of the molecule is O=C(c1cccc(C(F)(F)F)c1)[C@@H]1CCCN1. The molecule has 0 spiro atoms. The molecule has 0 unspecified atom stereocenters. The van der Waals surface area contributed by atoms with Crippen LogP contribution in [0.15, 0.2) is 24.3 Å². The third-order valence-electron chi connectivity index (χ3n) is 2.85. The molecule has 0 aliphatic carbocycles. The molecule has 1 atom stereocenters. The molecular weight excluding hydrogens is 231 g/mol. The quantitative estimate of drug-likeness (QED) is 0.809. The summed E-state index contributed by atoms with van der Waals surface area (Å²) in [6, 6.07) is 4.25. The Balaban J connectivity index is 2.24. The highest BCUT2D eigenvalue weighted by molar-refractivity contribution is 6.00. The van der Waals surface area contributed by atoms with Crippen molar-refractivity contribution in [3.8, 4) is 0 Å². The molecule has 1 aliphatic rings. The minimum Gasteiger partial charge on any atom is -0.307 e. The summed E-state index contributed by atoms with van der Waals surface area (Å²) in [5, 5.41) is 2.98. The number of carbonyl (C=O) groups excluding carboxylic acids is 1. The molecule has 0 aromatic heterocycles. The van der Waals surface area contributed by atoms with Crippen molar-refractivity contribution in [1.29, 1.82) is 0 Å². The molecule has 1 heterocycles. The molecule has 0 saturated carbocycles. The van der Waals surface area contributed by atoms with Gasteiger partial charge in [-0.15, -0.1) is 0 Å². The van der Waals surface area contributed by atoms with Crippen molar-refractivity contribution in [3.63, 3.8) is 0 Å². The third-order valence-corrected chi connectivity index (χ3v) is 2.85. The molecule has 1 aliphatic heterocycles. The van der Waals surface area contributed by atoms with Gasteiger partial charge in [-0.3, -0.25) is 4.79 Å². The largest absolute Gasteiger partial charge is 0.416 e. The lowest BCUT2D eigenvalue weighted by Gasteiger charge is -2.11. The van der Waals surface area contributed by atoms with Gasteiger partial charge in [-0.25, -0.2) is 0 Å². The lowest BCUT2D eigenvalue weighted by atomic mass is 10.0. The van der Waals surface area contributed by atoms with Crippen LogP contribution in [0, 0.1) is 0 Å². The Morgan fingerprint density at radius 2 is 2.12 bits per heavy atom. The van der Waals surface area contributed by atoms with Crippen LogP contribution in [-0.2, 0) is 6.18 Å². The van der Waals surface area contributed by atoms with Gasteiger partial charge >= 0.3 is 6.18 Å². The molecule has 0 amide bonds. The molecule has 2 rings (SSSR count). The molecule has 1 saturated heterocycles. The van der Waals surface area contributed by atoms with Gasteiger partial charge in [0.2, 0.25) is 0 Å². The highest BCUT2D eigenvalue weighted by atomic mass is 19.4. The van der Waals surface area contributed by atoms with E-state index in [1.54, 1.807) is 0 Å². The second-order valence-corrected chi connectivity index (χ2v) is 4.09. The van der Waals surface area contributed by atoms with E-state index < -0.39 is 11.7 Å². The Morgan fingerprint density at radius 1 is 1.35 bits per heavy atom. The smallest absolute Gasteiger partial charge is 0.307 e. The maximum Gasteiger partial charge on any atom is 0.416 e. The van der Waals surface area contributed by atoms with E-state index in [0.29, 0.717) is 6.42 Å². The zero-order valence-corrected chi connectivity index (χ0v) is 9.05. The summed E-state index contributed by atoms with van der Waals surface area (Å²) in [7, 11) is 0. The molecular formula is C12H12F3NO. The van der Waals surface area contributed by atoms with E-state index in [4.69, 9.17) is 0 Å². The molecule has 1 aromatic rings. The van der Waals surface area contributed by atoms with Crippen LogP contribution in [0.4, 0.5) is 13.2 Å². The fraction of sp³-hybridized carbons (Fsp3) is 0.417. The number of halogens is 3. The predicted octanol–water partition coefficient (Wildman–Crippen LogP) is 2.64. The molecule has 5 heteroatoms. The Hall–Kier alpha value is -1.36. The zero-order valence-electron chi connectivity index (χ0n) is 9.05. The highest BCUT2D eigenvalue weighted by Crippen LogP contribution is 2.30. The minimum atomic E-state index is -4.40. The number of carbonyl (C=O) groups is 1. The first-order valence-corrected chi connectivity index (χ1v) is 5.43. The van der Waals surface area contributed by atoms with E-state index in [0.717, 1.165) is 25.1 Å². The summed E-state index contributed by atoms with van der Waals surface area (Å²) in [6.45, 7) is 0.745. The summed E-state index contributed by atoms with van der Waals surface area (Å²) >= 11 is 0. The predicted molar refractivity (Wildman–Crippen MR) is 56.8 cm³/mol. The average Bonchev–Trinajstić information content (AvgIpc) is 2.80. The fourth-order valence-electron chi connectivity index (χ4n) is 1.96. The molecule has 1 fully saturated rings. The number of ketones is 1. The Kier molecular flexibility index (Phi) is 3.19.